The minimum atomic E-state index is -1.63. The average Bonchev–Trinajstić information content (AvgIpc) is 2.67. The van der Waals surface area contributed by atoms with Crippen LogP contribution in [0.5, 0.6) is 0 Å². The van der Waals surface area contributed by atoms with E-state index in [0.717, 1.165) is 18.8 Å². The van der Waals surface area contributed by atoms with Crippen molar-refractivity contribution in [1.29, 1.82) is 0 Å². The van der Waals surface area contributed by atoms with Crippen LogP contribution < -0.4 is 4.90 Å². The Bertz CT molecular complexity index is 723. The average molecular weight is 391 g/mol. The maximum atomic E-state index is 12.7. The first-order chi connectivity index (χ1) is 13.2. The smallest absolute Gasteiger partial charge is 0.316 e. The zero-order chi connectivity index (χ0) is 21.1. The summed E-state index contributed by atoms with van der Waals surface area (Å²) >= 11 is 0. The van der Waals surface area contributed by atoms with E-state index in [1.54, 1.807) is 12.1 Å². The zero-order valence-corrected chi connectivity index (χ0v) is 17.1. The van der Waals surface area contributed by atoms with Crippen LogP contribution in [-0.4, -0.2) is 55.7 Å². The van der Waals surface area contributed by atoms with Gasteiger partial charge in [0.25, 0.3) is 0 Å². The summed E-state index contributed by atoms with van der Waals surface area (Å²) in [6, 6.07) is 7.36. The van der Waals surface area contributed by atoms with E-state index < -0.39 is 41.1 Å². The maximum absolute atomic E-state index is 12.7. The summed E-state index contributed by atoms with van der Waals surface area (Å²) in [6.07, 6.45) is -0.319. The van der Waals surface area contributed by atoms with Crippen molar-refractivity contribution in [2.45, 2.75) is 38.7 Å². The summed E-state index contributed by atoms with van der Waals surface area (Å²) in [5.74, 6) is -4.94. The SMILES string of the molecule is CCN(CC)c1ccc(C2C(C(=O)OC)C(=O)CC(C)(O)C2C(=O)OC)cc1. The molecule has 1 saturated carbocycles. The van der Waals surface area contributed by atoms with Crippen molar-refractivity contribution < 1.29 is 29.0 Å². The number of carbonyl (C=O) groups is 3. The topological polar surface area (TPSA) is 93.1 Å². The summed E-state index contributed by atoms with van der Waals surface area (Å²) in [6.45, 7) is 7.20. The van der Waals surface area contributed by atoms with Gasteiger partial charge in [-0.05, 0) is 38.5 Å². The second kappa shape index (κ2) is 8.73. The lowest BCUT2D eigenvalue weighted by molar-refractivity contribution is -0.170. The summed E-state index contributed by atoms with van der Waals surface area (Å²) < 4.78 is 9.74. The molecule has 28 heavy (non-hydrogen) atoms. The molecule has 4 atom stereocenters. The molecular weight excluding hydrogens is 362 g/mol. The maximum Gasteiger partial charge on any atom is 0.316 e. The fourth-order valence-corrected chi connectivity index (χ4v) is 4.17. The monoisotopic (exact) mass is 391 g/mol. The number of methoxy groups -OCH3 is 2. The highest BCUT2D eigenvalue weighted by Gasteiger charge is 2.56. The first-order valence-corrected chi connectivity index (χ1v) is 9.47. The number of ether oxygens (including phenoxy) is 2. The zero-order valence-electron chi connectivity index (χ0n) is 17.1. The molecule has 7 nitrogen and oxygen atoms in total. The summed E-state index contributed by atoms with van der Waals surface area (Å²) in [5.41, 5.74) is -0.0291. The predicted octanol–water partition coefficient (Wildman–Crippen LogP) is 1.92. The molecule has 0 bridgehead atoms. The minimum absolute atomic E-state index is 0.319. The Morgan fingerprint density at radius 1 is 1.11 bits per heavy atom. The molecule has 1 N–H and O–H groups in total. The normalized spacial score (nSPS) is 27.2. The van der Waals surface area contributed by atoms with Crippen LogP contribution in [0.25, 0.3) is 0 Å². The van der Waals surface area contributed by atoms with Crippen molar-refractivity contribution in [2.75, 3.05) is 32.2 Å². The Kier molecular flexibility index (Phi) is 6.82. The first kappa shape index (κ1) is 21.9. The number of hydrogen-bond acceptors (Lipinski definition) is 7. The van der Waals surface area contributed by atoms with Gasteiger partial charge in [0.15, 0.2) is 5.78 Å². The van der Waals surface area contributed by atoms with Crippen molar-refractivity contribution >= 4 is 23.4 Å². The van der Waals surface area contributed by atoms with Gasteiger partial charge in [0, 0.05) is 31.1 Å². The highest BCUT2D eigenvalue weighted by Crippen LogP contribution is 2.46. The van der Waals surface area contributed by atoms with E-state index in [1.807, 2.05) is 12.1 Å². The van der Waals surface area contributed by atoms with Crippen LogP contribution >= 0.6 is 0 Å². The van der Waals surface area contributed by atoms with Crippen molar-refractivity contribution in [2.24, 2.45) is 11.8 Å². The minimum Gasteiger partial charge on any atom is -0.469 e. The summed E-state index contributed by atoms with van der Waals surface area (Å²) in [4.78, 5) is 39.8. The van der Waals surface area contributed by atoms with E-state index in [9.17, 15) is 19.5 Å². The number of rotatable bonds is 6. The molecule has 0 amide bonds. The molecule has 0 heterocycles. The van der Waals surface area contributed by atoms with Gasteiger partial charge in [-0.15, -0.1) is 0 Å². The molecular formula is C21H29NO6. The van der Waals surface area contributed by atoms with Crippen molar-refractivity contribution in [1.82, 2.24) is 0 Å². The molecule has 0 aromatic heterocycles. The number of carbonyl (C=O) groups excluding carboxylic acids is 3. The van der Waals surface area contributed by atoms with Gasteiger partial charge in [-0.2, -0.15) is 0 Å². The van der Waals surface area contributed by atoms with Gasteiger partial charge in [-0.1, -0.05) is 12.1 Å². The second-order valence-corrected chi connectivity index (χ2v) is 7.29. The molecule has 1 aliphatic carbocycles. The van der Waals surface area contributed by atoms with E-state index in [1.165, 1.54) is 21.1 Å². The number of anilines is 1. The lowest BCUT2D eigenvalue weighted by atomic mass is 9.61. The van der Waals surface area contributed by atoms with Gasteiger partial charge in [-0.3, -0.25) is 14.4 Å². The molecule has 0 aliphatic heterocycles. The van der Waals surface area contributed by atoms with Gasteiger partial charge in [0.2, 0.25) is 0 Å². The van der Waals surface area contributed by atoms with Gasteiger partial charge < -0.3 is 19.5 Å². The molecule has 1 aromatic rings. The molecule has 0 spiro atoms. The highest BCUT2D eigenvalue weighted by atomic mass is 16.5. The predicted molar refractivity (Wildman–Crippen MR) is 104 cm³/mol. The third kappa shape index (κ3) is 4.04. The van der Waals surface area contributed by atoms with Crippen molar-refractivity contribution in [3.63, 3.8) is 0 Å². The Labute approximate surface area is 165 Å². The van der Waals surface area contributed by atoms with Crippen LogP contribution in [0.15, 0.2) is 24.3 Å². The number of Topliss-reactive ketones (excluding diaryl/α,β-unsaturated/α-hetero) is 1. The van der Waals surface area contributed by atoms with Crippen molar-refractivity contribution in [3.05, 3.63) is 29.8 Å². The fraction of sp³-hybridized carbons (Fsp3) is 0.571. The summed E-state index contributed by atoms with van der Waals surface area (Å²) in [7, 11) is 2.43. The molecule has 0 radical (unpaired) electrons. The van der Waals surface area contributed by atoms with E-state index in [-0.39, 0.29) is 6.42 Å². The van der Waals surface area contributed by atoms with Gasteiger partial charge >= 0.3 is 11.9 Å². The third-order valence-corrected chi connectivity index (χ3v) is 5.58. The van der Waals surface area contributed by atoms with Gasteiger partial charge in [0.05, 0.1) is 25.7 Å². The third-order valence-electron chi connectivity index (χ3n) is 5.58. The number of benzene rings is 1. The quantitative estimate of drug-likeness (QED) is 0.585. The Hall–Kier alpha value is -2.41. The first-order valence-electron chi connectivity index (χ1n) is 9.47. The van der Waals surface area contributed by atoms with Crippen LogP contribution in [0.4, 0.5) is 5.69 Å². The fourth-order valence-electron chi connectivity index (χ4n) is 4.17. The molecule has 154 valence electrons. The van der Waals surface area contributed by atoms with E-state index in [4.69, 9.17) is 9.47 Å². The number of nitrogens with zero attached hydrogens (tertiary/aromatic N) is 1. The molecule has 1 aromatic carbocycles. The van der Waals surface area contributed by atoms with E-state index in [2.05, 4.69) is 18.7 Å². The Morgan fingerprint density at radius 3 is 2.11 bits per heavy atom. The number of hydrogen-bond donors (Lipinski definition) is 1. The highest BCUT2D eigenvalue weighted by molar-refractivity contribution is 6.02. The second-order valence-electron chi connectivity index (χ2n) is 7.29. The van der Waals surface area contributed by atoms with Crippen LogP contribution in [0, 0.1) is 11.8 Å². The number of esters is 2. The Balaban J connectivity index is 2.57. The van der Waals surface area contributed by atoms with Crippen molar-refractivity contribution in [3.8, 4) is 0 Å². The largest absolute Gasteiger partial charge is 0.469 e. The summed E-state index contributed by atoms with van der Waals surface area (Å²) in [5, 5.41) is 10.8. The molecule has 1 aliphatic rings. The molecule has 1 fully saturated rings. The number of aliphatic hydroxyl groups is 1. The standard InChI is InChI=1S/C21H29NO6/c1-6-22(7-2)14-10-8-13(9-11-14)16-17(19(24)27-4)15(23)12-21(3,26)18(16)20(25)28-5/h8-11,16-18,26H,6-7,12H2,1-5H3. The lowest BCUT2D eigenvalue weighted by Gasteiger charge is -2.43. The van der Waals surface area contributed by atoms with Gasteiger partial charge in [0.1, 0.15) is 5.92 Å². The van der Waals surface area contributed by atoms with Crippen LogP contribution in [0.2, 0.25) is 0 Å². The van der Waals surface area contributed by atoms with Crippen LogP contribution in [0.3, 0.4) is 0 Å². The molecule has 4 unspecified atom stereocenters. The Morgan fingerprint density at radius 2 is 1.64 bits per heavy atom. The van der Waals surface area contributed by atoms with Gasteiger partial charge in [-0.25, -0.2) is 0 Å². The van der Waals surface area contributed by atoms with E-state index in [0.29, 0.717) is 5.56 Å². The van der Waals surface area contributed by atoms with E-state index >= 15 is 0 Å². The van der Waals surface area contributed by atoms with Crippen LogP contribution in [-0.2, 0) is 23.9 Å². The lowest BCUT2D eigenvalue weighted by Crippen LogP contribution is -2.55. The molecule has 0 saturated heterocycles. The molecule has 2 rings (SSSR count). The number of ketones is 1. The van der Waals surface area contributed by atoms with Crippen LogP contribution in [0.1, 0.15) is 38.7 Å². The molecule has 7 heteroatoms.